The number of amides is 1. The van der Waals surface area contributed by atoms with Crippen molar-refractivity contribution < 1.29 is 23.1 Å². The molecule has 2 aliphatic carbocycles. The highest BCUT2D eigenvalue weighted by atomic mass is 35.5. The maximum atomic E-state index is 13.5. The van der Waals surface area contributed by atoms with Gasteiger partial charge in [0.05, 0.1) is 22.7 Å². The van der Waals surface area contributed by atoms with Gasteiger partial charge in [0, 0.05) is 25.7 Å². The van der Waals surface area contributed by atoms with Crippen LogP contribution in [0.5, 0.6) is 0 Å². The van der Waals surface area contributed by atoms with Crippen LogP contribution in [-0.2, 0) is 19.7 Å². The topological polar surface area (TPSA) is 85.0 Å². The van der Waals surface area contributed by atoms with Crippen molar-refractivity contribution in [2.75, 3.05) is 5.32 Å². The molecule has 2 aliphatic rings. The summed E-state index contributed by atoms with van der Waals surface area (Å²) in [6.07, 6.45) is 1.24. The number of nitrogens with one attached hydrogen (secondary N) is 1. The van der Waals surface area contributed by atoms with E-state index in [2.05, 4.69) is 15.4 Å². The number of nitrogens with zero attached hydrogens (tertiary/aromatic N) is 4. The molecule has 2 aromatic heterocycles. The van der Waals surface area contributed by atoms with Crippen LogP contribution in [0.3, 0.4) is 0 Å². The first-order valence-corrected chi connectivity index (χ1v) is 11.8. The summed E-state index contributed by atoms with van der Waals surface area (Å²) in [7, 11) is 3.31. The smallest absolute Gasteiger partial charge is 0.282 e. The first-order chi connectivity index (χ1) is 16.6. The molecule has 2 N–H and O–H groups in total. The Hall–Kier alpha value is -2.85. The van der Waals surface area contributed by atoms with E-state index in [1.54, 1.807) is 25.0 Å². The molecule has 7 nitrogen and oxygen atoms in total. The highest BCUT2D eigenvalue weighted by Crippen LogP contribution is 2.57. The fraction of sp³-hybridized carbons (Fsp3) is 0.458. The number of hydrogen-bond acceptors (Lipinski definition) is 4. The predicted molar refractivity (Wildman–Crippen MR) is 123 cm³/mol. The second-order valence-electron chi connectivity index (χ2n) is 9.68. The molecule has 1 aromatic carbocycles. The molecule has 2 heterocycles. The minimum Gasteiger partial charge on any atom is -0.384 e. The van der Waals surface area contributed by atoms with Crippen LogP contribution in [0.1, 0.15) is 65.6 Å². The van der Waals surface area contributed by atoms with Crippen LogP contribution in [0, 0.1) is 17.7 Å². The van der Waals surface area contributed by atoms with Gasteiger partial charge in [-0.2, -0.15) is 5.10 Å². The zero-order valence-electron chi connectivity index (χ0n) is 19.2. The molecule has 0 saturated heterocycles. The molecular weight excluding hydrogens is 483 g/mol. The molecule has 3 aromatic rings. The molecule has 2 atom stereocenters. The van der Waals surface area contributed by atoms with Crippen molar-refractivity contribution in [1.29, 1.82) is 0 Å². The normalized spacial score (nSPS) is 25.9. The van der Waals surface area contributed by atoms with E-state index in [1.807, 2.05) is 0 Å². The number of aryl methyl sites for hydroxylation is 2. The number of benzene rings is 1. The zero-order chi connectivity index (χ0) is 25.1. The van der Waals surface area contributed by atoms with E-state index in [1.165, 1.54) is 28.9 Å². The summed E-state index contributed by atoms with van der Waals surface area (Å²) in [6, 6.07) is 5.28. The lowest BCUT2D eigenvalue weighted by Gasteiger charge is -2.25. The fourth-order valence-electron chi connectivity index (χ4n) is 5.91. The average molecular weight is 508 g/mol. The quantitative estimate of drug-likeness (QED) is 0.513. The van der Waals surface area contributed by atoms with Gasteiger partial charge in [-0.1, -0.05) is 11.6 Å². The van der Waals surface area contributed by atoms with Gasteiger partial charge in [0.25, 0.3) is 12.3 Å². The third-order valence-electron chi connectivity index (χ3n) is 7.38. The maximum absolute atomic E-state index is 13.5. The van der Waals surface area contributed by atoms with Gasteiger partial charge in [-0.05, 0) is 61.8 Å². The first kappa shape index (κ1) is 23.9. The van der Waals surface area contributed by atoms with Gasteiger partial charge < -0.3 is 15.0 Å². The third kappa shape index (κ3) is 4.23. The van der Waals surface area contributed by atoms with E-state index < -0.39 is 17.8 Å². The number of fused-ring (bicyclic) bond motifs is 1. The number of aliphatic hydroxyl groups is 1. The van der Waals surface area contributed by atoms with Gasteiger partial charge in [-0.3, -0.25) is 9.48 Å². The monoisotopic (exact) mass is 507 g/mol. The van der Waals surface area contributed by atoms with Crippen molar-refractivity contribution >= 4 is 23.2 Å². The Morgan fingerprint density at radius 2 is 1.91 bits per heavy atom. The fourth-order valence-corrected chi connectivity index (χ4v) is 6.10. The van der Waals surface area contributed by atoms with Gasteiger partial charge in [0.15, 0.2) is 0 Å². The molecule has 2 saturated carbocycles. The van der Waals surface area contributed by atoms with E-state index in [0.29, 0.717) is 35.6 Å². The summed E-state index contributed by atoms with van der Waals surface area (Å²) in [5.74, 6) is -0.575. The number of imidazole rings is 1. The number of halogens is 4. The number of carbonyl (C=O) groups excluding carboxylic acids is 1. The molecule has 11 heteroatoms. The maximum Gasteiger partial charge on any atom is 0.282 e. The summed E-state index contributed by atoms with van der Waals surface area (Å²) in [5, 5.41) is 17.9. The lowest BCUT2D eigenvalue weighted by molar-refractivity contribution is 0.0263. The Morgan fingerprint density at radius 1 is 1.23 bits per heavy atom. The molecule has 0 radical (unpaired) electrons. The molecule has 0 aliphatic heterocycles. The van der Waals surface area contributed by atoms with Crippen LogP contribution < -0.4 is 5.32 Å². The van der Waals surface area contributed by atoms with Crippen LogP contribution in [0.2, 0.25) is 5.02 Å². The summed E-state index contributed by atoms with van der Waals surface area (Å²) >= 11 is 5.83. The van der Waals surface area contributed by atoms with Crippen molar-refractivity contribution in [3.05, 3.63) is 64.2 Å². The average Bonchev–Trinajstić information content (AvgIpc) is 3.52. The molecule has 186 valence electrons. The molecule has 2 fully saturated rings. The standard InChI is InChI=1S/C24H25ClF3N5O2/c1-32-11-29-20(21(32)23(34)30-15-3-4-17(26)16(25)7-15)12-5-13-9-24(35,10-14(13)6-12)19-8-18(22(27)28)31-33(19)2/h3-4,7-8,11-14,22,35H,5-6,9-10H2,1-2H3,(H,30,34). The molecular formula is C24H25ClF3N5O2. The van der Waals surface area contributed by atoms with Crippen molar-refractivity contribution in [3.63, 3.8) is 0 Å². The van der Waals surface area contributed by atoms with Crippen molar-refractivity contribution in [2.24, 2.45) is 25.9 Å². The van der Waals surface area contributed by atoms with Crippen LogP contribution in [-0.4, -0.2) is 30.3 Å². The van der Waals surface area contributed by atoms with Gasteiger partial charge in [0.1, 0.15) is 22.8 Å². The Balaban J connectivity index is 1.32. The van der Waals surface area contributed by atoms with Gasteiger partial charge in [-0.25, -0.2) is 18.2 Å². The second kappa shape index (κ2) is 8.67. The number of alkyl halides is 2. The highest BCUT2D eigenvalue weighted by molar-refractivity contribution is 6.31. The lowest BCUT2D eigenvalue weighted by Crippen LogP contribution is -2.26. The number of hydrogen-bond donors (Lipinski definition) is 2. The van der Waals surface area contributed by atoms with E-state index in [9.17, 15) is 23.1 Å². The Labute approximate surface area is 204 Å². The molecule has 0 bridgehead atoms. The number of aromatic nitrogens is 4. The van der Waals surface area contributed by atoms with Crippen molar-refractivity contribution in [1.82, 2.24) is 19.3 Å². The number of rotatable bonds is 5. The third-order valence-corrected chi connectivity index (χ3v) is 7.67. The molecule has 0 spiro atoms. The summed E-state index contributed by atoms with van der Waals surface area (Å²) in [5.41, 5.74) is 0.338. The molecule has 35 heavy (non-hydrogen) atoms. The molecule has 2 unspecified atom stereocenters. The van der Waals surface area contributed by atoms with Crippen LogP contribution in [0.25, 0.3) is 0 Å². The number of carbonyl (C=O) groups is 1. The van der Waals surface area contributed by atoms with Gasteiger partial charge >= 0.3 is 0 Å². The van der Waals surface area contributed by atoms with Crippen LogP contribution >= 0.6 is 11.6 Å². The molecule has 1 amide bonds. The Bertz CT molecular complexity index is 1280. The summed E-state index contributed by atoms with van der Waals surface area (Å²) in [6.45, 7) is 0. The van der Waals surface area contributed by atoms with E-state index >= 15 is 0 Å². The van der Waals surface area contributed by atoms with E-state index in [4.69, 9.17) is 11.6 Å². The lowest BCUT2D eigenvalue weighted by atomic mass is 9.90. The second-order valence-corrected chi connectivity index (χ2v) is 10.1. The van der Waals surface area contributed by atoms with Gasteiger partial charge in [0.2, 0.25) is 0 Å². The Morgan fingerprint density at radius 3 is 2.51 bits per heavy atom. The zero-order valence-corrected chi connectivity index (χ0v) is 19.9. The van der Waals surface area contributed by atoms with E-state index in [-0.39, 0.29) is 34.4 Å². The van der Waals surface area contributed by atoms with Gasteiger partial charge in [-0.15, -0.1) is 0 Å². The minimum atomic E-state index is -2.69. The number of anilines is 1. The van der Waals surface area contributed by atoms with Crippen molar-refractivity contribution in [3.8, 4) is 0 Å². The summed E-state index contributed by atoms with van der Waals surface area (Å²) in [4.78, 5) is 17.6. The molecule has 5 rings (SSSR count). The first-order valence-electron chi connectivity index (χ1n) is 11.4. The van der Waals surface area contributed by atoms with Crippen LogP contribution in [0.15, 0.2) is 30.6 Å². The predicted octanol–water partition coefficient (Wildman–Crippen LogP) is 4.93. The summed E-state index contributed by atoms with van der Waals surface area (Å²) < 4.78 is 42.7. The van der Waals surface area contributed by atoms with Crippen LogP contribution in [0.4, 0.5) is 18.9 Å². The van der Waals surface area contributed by atoms with E-state index in [0.717, 1.165) is 12.8 Å². The minimum absolute atomic E-state index is 0.0245. The Kier molecular flexibility index (Phi) is 5.91. The highest BCUT2D eigenvalue weighted by Gasteiger charge is 2.51. The SMILES string of the molecule is Cn1cnc(C2CC3CC(O)(c4cc(C(F)F)nn4C)CC3C2)c1C(=O)Nc1ccc(F)c(Cl)c1. The largest absolute Gasteiger partial charge is 0.384 e. The van der Waals surface area contributed by atoms with Crippen molar-refractivity contribution in [2.45, 2.75) is 43.6 Å².